The van der Waals surface area contributed by atoms with Crippen molar-refractivity contribution < 1.29 is 13.6 Å². The van der Waals surface area contributed by atoms with Crippen LogP contribution in [-0.2, 0) is 6.54 Å². The molecule has 4 rings (SSSR count). The predicted molar refractivity (Wildman–Crippen MR) is 113 cm³/mol. The second-order valence-corrected chi connectivity index (χ2v) is 7.31. The van der Waals surface area contributed by atoms with E-state index in [1.165, 1.54) is 12.1 Å². The molecule has 0 fully saturated rings. The summed E-state index contributed by atoms with van der Waals surface area (Å²) in [5.74, 6) is 0.425. The predicted octanol–water partition coefficient (Wildman–Crippen LogP) is 5.84. The zero-order valence-electron chi connectivity index (χ0n) is 15.2. The quantitative estimate of drug-likeness (QED) is 0.415. The van der Waals surface area contributed by atoms with Gasteiger partial charge in [0.15, 0.2) is 5.76 Å². The first-order chi connectivity index (χ1) is 14.1. The van der Waals surface area contributed by atoms with Gasteiger partial charge in [-0.1, -0.05) is 52.3 Å². The molecule has 0 radical (unpaired) electrons. The van der Waals surface area contributed by atoms with E-state index in [2.05, 4.69) is 26.2 Å². The van der Waals surface area contributed by atoms with Gasteiger partial charge in [0.1, 0.15) is 5.82 Å². The summed E-state index contributed by atoms with van der Waals surface area (Å²) in [6.45, 7) is 0.295. The van der Waals surface area contributed by atoms with Gasteiger partial charge in [0, 0.05) is 22.1 Å². The van der Waals surface area contributed by atoms with E-state index in [0.29, 0.717) is 29.3 Å². The number of nitrogens with one attached hydrogen (secondary N) is 1. The Labute approximate surface area is 175 Å². The number of hydrogen-bond acceptors (Lipinski definition) is 3. The Balaban J connectivity index is 1.56. The van der Waals surface area contributed by atoms with E-state index < -0.39 is 0 Å². The van der Waals surface area contributed by atoms with Gasteiger partial charge in [-0.15, -0.1) is 0 Å². The highest BCUT2D eigenvalue weighted by Crippen LogP contribution is 2.29. The minimum absolute atomic E-state index is 0.256. The van der Waals surface area contributed by atoms with Crippen molar-refractivity contribution in [2.75, 3.05) is 0 Å². The van der Waals surface area contributed by atoms with Gasteiger partial charge in [0.05, 0.1) is 11.8 Å². The lowest BCUT2D eigenvalue weighted by atomic mass is 10.1. The van der Waals surface area contributed by atoms with Gasteiger partial charge >= 0.3 is 0 Å². The fourth-order valence-corrected chi connectivity index (χ4v) is 3.16. The molecule has 0 saturated carbocycles. The van der Waals surface area contributed by atoms with Crippen molar-refractivity contribution in [1.82, 2.24) is 10.3 Å². The van der Waals surface area contributed by atoms with Crippen molar-refractivity contribution in [3.8, 4) is 22.8 Å². The van der Waals surface area contributed by atoms with Crippen molar-refractivity contribution >= 4 is 21.8 Å². The maximum Gasteiger partial charge on any atom is 0.252 e. The summed E-state index contributed by atoms with van der Waals surface area (Å²) in [5, 5.41) is 2.85. The molecule has 1 N–H and O–H groups in total. The summed E-state index contributed by atoms with van der Waals surface area (Å²) >= 11 is 3.41. The van der Waals surface area contributed by atoms with Crippen molar-refractivity contribution in [2.24, 2.45) is 0 Å². The molecule has 29 heavy (non-hydrogen) atoms. The molecule has 0 unspecified atom stereocenters. The first kappa shape index (κ1) is 19.1. The maximum absolute atomic E-state index is 13.0. The molecular weight excluding hydrogens is 435 g/mol. The standard InChI is InChI=1S/C23H16BrFN2O2/c24-17-9-7-16(8-10-17)21-14-27-23(29-21)20-4-2-1-3-19(20)22(28)26-13-15-5-11-18(25)12-6-15/h1-12,14H,13H2,(H,26,28). The van der Waals surface area contributed by atoms with Crippen LogP contribution in [0.4, 0.5) is 4.39 Å². The van der Waals surface area contributed by atoms with E-state index in [9.17, 15) is 9.18 Å². The number of aromatic nitrogens is 1. The molecular formula is C23H16BrFN2O2. The molecule has 0 atom stereocenters. The number of carbonyl (C=O) groups excluding carboxylic acids is 1. The van der Waals surface area contributed by atoms with Gasteiger partial charge in [0.25, 0.3) is 5.91 Å². The number of carbonyl (C=O) groups is 1. The number of nitrogens with zero attached hydrogens (tertiary/aromatic N) is 1. The van der Waals surface area contributed by atoms with Crippen LogP contribution in [0.3, 0.4) is 0 Å². The average Bonchev–Trinajstić information content (AvgIpc) is 3.24. The molecule has 1 amide bonds. The van der Waals surface area contributed by atoms with Gasteiger partial charge in [-0.2, -0.15) is 0 Å². The highest BCUT2D eigenvalue weighted by molar-refractivity contribution is 9.10. The van der Waals surface area contributed by atoms with E-state index >= 15 is 0 Å². The third-order valence-corrected chi connectivity index (χ3v) is 4.93. The molecule has 0 aliphatic carbocycles. The number of benzene rings is 3. The molecule has 0 bridgehead atoms. The summed E-state index contributed by atoms with van der Waals surface area (Å²) < 4.78 is 19.9. The van der Waals surface area contributed by atoms with Crippen LogP contribution in [0.1, 0.15) is 15.9 Å². The van der Waals surface area contributed by atoms with E-state index in [-0.39, 0.29) is 11.7 Å². The highest BCUT2D eigenvalue weighted by Gasteiger charge is 2.17. The topological polar surface area (TPSA) is 55.1 Å². The normalized spacial score (nSPS) is 10.7. The zero-order valence-corrected chi connectivity index (χ0v) is 16.8. The van der Waals surface area contributed by atoms with Crippen molar-refractivity contribution in [3.05, 3.63) is 100 Å². The summed E-state index contributed by atoms with van der Waals surface area (Å²) in [6, 6.07) is 20.8. The lowest BCUT2D eigenvalue weighted by Gasteiger charge is -2.08. The maximum atomic E-state index is 13.0. The first-order valence-corrected chi connectivity index (χ1v) is 9.73. The third-order valence-electron chi connectivity index (χ3n) is 4.40. The number of rotatable bonds is 5. The zero-order chi connectivity index (χ0) is 20.2. The molecule has 0 spiro atoms. The molecule has 4 aromatic rings. The Morgan fingerprint density at radius 3 is 2.48 bits per heavy atom. The van der Waals surface area contributed by atoms with Crippen molar-refractivity contribution in [2.45, 2.75) is 6.54 Å². The molecule has 4 nitrogen and oxygen atoms in total. The van der Waals surface area contributed by atoms with Crippen LogP contribution in [0.25, 0.3) is 22.8 Å². The smallest absolute Gasteiger partial charge is 0.252 e. The van der Waals surface area contributed by atoms with Gasteiger partial charge in [0.2, 0.25) is 5.89 Å². The average molecular weight is 451 g/mol. The first-order valence-electron chi connectivity index (χ1n) is 8.94. The monoisotopic (exact) mass is 450 g/mol. The van der Waals surface area contributed by atoms with Crippen LogP contribution in [0.15, 0.2) is 87.9 Å². The fraction of sp³-hybridized carbons (Fsp3) is 0.0435. The summed E-state index contributed by atoms with van der Waals surface area (Å²) in [5.41, 5.74) is 2.77. The Kier molecular flexibility index (Phi) is 5.53. The van der Waals surface area contributed by atoms with Gasteiger partial charge in [-0.3, -0.25) is 4.79 Å². The van der Waals surface area contributed by atoms with Crippen molar-refractivity contribution in [3.63, 3.8) is 0 Å². The van der Waals surface area contributed by atoms with E-state index in [1.807, 2.05) is 30.3 Å². The second kappa shape index (κ2) is 8.41. The molecule has 3 aromatic carbocycles. The lowest BCUT2D eigenvalue weighted by molar-refractivity contribution is 0.0951. The molecule has 0 aliphatic heterocycles. The van der Waals surface area contributed by atoms with E-state index in [4.69, 9.17) is 4.42 Å². The molecule has 144 valence electrons. The molecule has 0 saturated heterocycles. The molecule has 6 heteroatoms. The Hall–Kier alpha value is -3.25. The number of hydrogen-bond donors (Lipinski definition) is 1. The third kappa shape index (κ3) is 4.43. The van der Waals surface area contributed by atoms with Crippen LogP contribution in [0, 0.1) is 5.82 Å². The number of oxazole rings is 1. The second-order valence-electron chi connectivity index (χ2n) is 6.39. The van der Waals surface area contributed by atoms with E-state index in [0.717, 1.165) is 15.6 Å². The Morgan fingerprint density at radius 1 is 1.00 bits per heavy atom. The summed E-state index contributed by atoms with van der Waals surface area (Å²) in [6.07, 6.45) is 1.64. The Morgan fingerprint density at radius 2 is 1.72 bits per heavy atom. The van der Waals surface area contributed by atoms with Crippen LogP contribution < -0.4 is 5.32 Å². The number of halogens is 2. The van der Waals surface area contributed by atoms with Crippen LogP contribution >= 0.6 is 15.9 Å². The van der Waals surface area contributed by atoms with Crippen molar-refractivity contribution in [1.29, 1.82) is 0 Å². The minimum atomic E-state index is -0.309. The fourth-order valence-electron chi connectivity index (χ4n) is 2.89. The highest BCUT2D eigenvalue weighted by atomic mass is 79.9. The van der Waals surface area contributed by atoms with E-state index in [1.54, 1.807) is 36.5 Å². The Bertz CT molecular complexity index is 1140. The van der Waals surface area contributed by atoms with Gasteiger partial charge < -0.3 is 9.73 Å². The molecule has 1 aromatic heterocycles. The van der Waals surface area contributed by atoms with Crippen LogP contribution in [-0.4, -0.2) is 10.9 Å². The summed E-state index contributed by atoms with van der Waals surface area (Å²) in [4.78, 5) is 17.1. The number of amides is 1. The molecule has 1 heterocycles. The molecule has 0 aliphatic rings. The van der Waals surface area contributed by atoms with Crippen LogP contribution in [0.2, 0.25) is 0 Å². The summed E-state index contributed by atoms with van der Waals surface area (Å²) in [7, 11) is 0. The SMILES string of the molecule is O=C(NCc1ccc(F)cc1)c1ccccc1-c1ncc(-c2ccc(Br)cc2)o1. The van der Waals surface area contributed by atoms with Gasteiger partial charge in [-0.25, -0.2) is 9.37 Å². The lowest BCUT2D eigenvalue weighted by Crippen LogP contribution is -2.23. The minimum Gasteiger partial charge on any atom is -0.436 e. The largest absolute Gasteiger partial charge is 0.436 e. The van der Waals surface area contributed by atoms with Crippen LogP contribution in [0.5, 0.6) is 0 Å². The van der Waals surface area contributed by atoms with Gasteiger partial charge in [-0.05, 0) is 42.0 Å².